The number of amides is 1. The molecular formula is C25H28FN7O2. The molecule has 1 aromatic carbocycles. The number of nitrogens with one attached hydrogen (secondary N) is 2. The van der Waals surface area contributed by atoms with Crippen LogP contribution in [-0.2, 0) is 11.8 Å². The second-order valence-electron chi connectivity index (χ2n) is 9.58. The number of fused-ring (bicyclic) bond motifs is 2. The first-order valence-electron chi connectivity index (χ1n) is 11.9. The number of halogens is 1. The highest BCUT2D eigenvalue weighted by Gasteiger charge is 2.27. The first-order valence-corrected chi connectivity index (χ1v) is 11.9. The fourth-order valence-electron chi connectivity index (χ4n) is 4.99. The van der Waals surface area contributed by atoms with Gasteiger partial charge in [0.25, 0.3) is 5.91 Å². The van der Waals surface area contributed by atoms with E-state index in [4.69, 9.17) is 4.74 Å². The Hall–Kier alpha value is -3.50. The molecule has 0 saturated carbocycles. The third-order valence-corrected chi connectivity index (χ3v) is 6.83. The summed E-state index contributed by atoms with van der Waals surface area (Å²) in [5, 5.41) is 12.0. The number of nitrogens with zero attached hydrogens (tertiary/aromatic N) is 5. The number of anilines is 2. The van der Waals surface area contributed by atoms with Crippen molar-refractivity contribution in [2.24, 2.45) is 13.0 Å². The van der Waals surface area contributed by atoms with Gasteiger partial charge in [-0.3, -0.25) is 9.48 Å². The summed E-state index contributed by atoms with van der Waals surface area (Å²) in [4.78, 5) is 19.7. The van der Waals surface area contributed by atoms with Crippen molar-refractivity contribution in [1.82, 2.24) is 24.5 Å². The molecule has 0 spiro atoms. The summed E-state index contributed by atoms with van der Waals surface area (Å²) in [6, 6.07) is 5.52. The number of aryl methyl sites for hydroxylation is 2. The maximum Gasteiger partial charge on any atom is 0.257 e. The van der Waals surface area contributed by atoms with Gasteiger partial charge in [0, 0.05) is 74.4 Å². The number of carbonyl (C=O) groups excluding carboxylic acids is 1. The number of hydrogen-bond acceptors (Lipinski definition) is 6. The highest BCUT2D eigenvalue weighted by molar-refractivity contribution is 6.13. The van der Waals surface area contributed by atoms with Gasteiger partial charge in [-0.25, -0.2) is 9.37 Å². The van der Waals surface area contributed by atoms with Crippen molar-refractivity contribution in [1.29, 1.82) is 0 Å². The predicted octanol–water partition coefficient (Wildman–Crippen LogP) is 2.74. The Morgan fingerprint density at radius 2 is 2.11 bits per heavy atom. The number of ether oxygens (including phenoxy) is 1. The lowest BCUT2D eigenvalue weighted by Crippen LogP contribution is -2.42. The van der Waals surface area contributed by atoms with Crippen LogP contribution in [0.2, 0.25) is 0 Å². The summed E-state index contributed by atoms with van der Waals surface area (Å²) in [6.07, 6.45) is 6.40. The maximum atomic E-state index is 14.5. The van der Waals surface area contributed by atoms with Gasteiger partial charge in [0.2, 0.25) is 0 Å². The molecule has 1 atom stereocenters. The topological polar surface area (TPSA) is 88.7 Å². The van der Waals surface area contributed by atoms with E-state index in [1.807, 2.05) is 25.4 Å². The van der Waals surface area contributed by atoms with Crippen LogP contribution >= 0.6 is 0 Å². The van der Waals surface area contributed by atoms with Crippen LogP contribution in [-0.4, -0.2) is 64.0 Å². The molecule has 5 heterocycles. The van der Waals surface area contributed by atoms with Crippen molar-refractivity contribution in [3.05, 3.63) is 53.9 Å². The average molecular weight is 478 g/mol. The summed E-state index contributed by atoms with van der Waals surface area (Å²) in [7, 11) is 1.85. The zero-order valence-electron chi connectivity index (χ0n) is 19.8. The largest absolute Gasteiger partial charge is 0.381 e. The van der Waals surface area contributed by atoms with Crippen LogP contribution < -0.4 is 15.5 Å². The normalized spacial score (nSPS) is 18.5. The molecule has 2 fully saturated rings. The molecule has 2 aliphatic rings. The van der Waals surface area contributed by atoms with E-state index in [1.165, 1.54) is 6.07 Å². The minimum atomic E-state index is -0.490. The number of pyridine rings is 1. The van der Waals surface area contributed by atoms with Gasteiger partial charge in [0.1, 0.15) is 5.52 Å². The van der Waals surface area contributed by atoms with Crippen molar-refractivity contribution in [2.45, 2.75) is 19.4 Å². The zero-order valence-corrected chi connectivity index (χ0v) is 19.8. The molecule has 1 unspecified atom stereocenters. The van der Waals surface area contributed by atoms with Gasteiger partial charge in [0.05, 0.1) is 30.2 Å². The highest BCUT2D eigenvalue weighted by atomic mass is 19.1. The first kappa shape index (κ1) is 22.0. The van der Waals surface area contributed by atoms with Gasteiger partial charge in [-0.2, -0.15) is 5.10 Å². The maximum absolute atomic E-state index is 14.5. The van der Waals surface area contributed by atoms with E-state index in [1.54, 1.807) is 28.4 Å². The van der Waals surface area contributed by atoms with Gasteiger partial charge in [-0.1, -0.05) is 0 Å². The van der Waals surface area contributed by atoms with E-state index in [9.17, 15) is 9.18 Å². The molecule has 2 N–H and O–H groups in total. The molecule has 35 heavy (non-hydrogen) atoms. The molecule has 2 saturated heterocycles. The van der Waals surface area contributed by atoms with Crippen LogP contribution in [0.25, 0.3) is 16.6 Å². The lowest BCUT2D eigenvalue weighted by Gasteiger charge is -2.27. The molecule has 182 valence electrons. The number of imidazole rings is 1. The molecular weight excluding hydrogens is 449 g/mol. The van der Waals surface area contributed by atoms with Crippen molar-refractivity contribution in [3.8, 4) is 0 Å². The summed E-state index contributed by atoms with van der Waals surface area (Å²) >= 11 is 0. The molecule has 0 aliphatic carbocycles. The van der Waals surface area contributed by atoms with Crippen molar-refractivity contribution in [3.63, 3.8) is 0 Å². The highest BCUT2D eigenvalue weighted by Crippen LogP contribution is 2.32. The van der Waals surface area contributed by atoms with E-state index in [0.29, 0.717) is 34.4 Å². The number of rotatable bonds is 6. The van der Waals surface area contributed by atoms with Gasteiger partial charge in [-0.05, 0) is 25.5 Å². The smallest absolute Gasteiger partial charge is 0.257 e. The van der Waals surface area contributed by atoms with E-state index in [2.05, 4.69) is 25.6 Å². The van der Waals surface area contributed by atoms with Crippen LogP contribution in [0.4, 0.5) is 15.8 Å². The van der Waals surface area contributed by atoms with Gasteiger partial charge < -0.3 is 24.7 Å². The fourth-order valence-corrected chi connectivity index (χ4v) is 4.99. The lowest BCUT2D eigenvalue weighted by atomic mass is 10.1. The summed E-state index contributed by atoms with van der Waals surface area (Å²) in [5.74, 6) is -0.199. The molecule has 4 aromatic rings. The Morgan fingerprint density at radius 3 is 2.91 bits per heavy atom. The van der Waals surface area contributed by atoms with Crippen LogP contribution in [0.3, 0.4) is 0 Å². The standard InChI is InChI=1S/C25H28FN7O2/c1-15-9-33-11-18(7-21(26)24(33)28-15)29-25(34)19-3-4-22(20-12-31(2)30-23(19)20)32-6-5-17(10-32)27-8-16-13-35-14-16/h3-4,7,9,11-12,16-17,27H,5-6,8,10,13-14H2,1-2H3,(H,29,34). The molecule has 0 bridgehead atoms. The van der Waals surface area contributed by atoms with Crippen LogP contribution in [0.15, 0.2) is 36.8 Å². The molecule has 0 radical (unpaired) electrons. The van der Waals surface area contributed by atoms with Crippen LogP contribution in [0.1, 0.15) is 22.5 Å². The molecule has 2 aliphatic heterocycles. The van der Waals surface area contributed by atoms with Crippen LogP contribution in [0.5, 0.6) is 0 Å². The number of carbonyl (C=O) groups is 1. The van der Waals surface area contributed by atoms with Crippen molar-refractivity contribution < 1.29 is 13.9 Å². The number of hydrogen-bond donors (Lipinski definition) is 2. The average Bonchev–Trinajstić information content (AvgIpc) is 3.49. The Balaban J connectivity index is 1.24. The first-order chi connectivity index (χ1) is 16.9. The number of benzene rings is 1. The van der Waals surface area contributed by atoms with Crippen molar-refractivity contribution >= 4 is 33.8 Å². The fraction of sp³-hybridized carbons (Fsp3) is 0.400. The van der Waals surface area contributed by atoms with E-state index in [-0.39, 0.29) is 11.6 Å². The Bertz CT molecular complexity index is 1420. The monoisotopic (exact) mass is 477 g/mol. The summed E-state index contributed by atoms with van der Waals surface area (Å²) in [5.41, 5.74) is 3.44. The second-order valence-corrected chi connectivity index (χ2v) is 9.58. The van der Waals surface area contributed by atoms with Gasteiger partial charge in [-0.15, -0.1) is 0 Å². The van der Waals surface area contributed by atoms with Crippen LogP contribution in [0, 0.1) is 18.7 Å². The molecule has 1 amide bonds. The Labute approximate surface area is 201 Å². The molecule has 3 aromatic heterocycles. The SMILES string of the molecule is Cc1cn2cc(NC(=O)c3ccc(N4CCC(NCC5COC5)C4)c4cn(C)nc34)cc(F)c2n1. The van der Waals surface area contributed by atoms with E-state index in [0.717, 1.165) is 50.3 Å². The Morgan fingerprint density at radius 1 is 1.26 bits per heavy atom. The Kier molecular flexibility index (Phi) is 5.42. The number of aromatic nitrogens is 4. The van der Waals surface area contributed by atoms with Gasteiger partial charge >= 0.3 is 0 Å². The molecule has 6 rings (SSSR count). The van der Waals surface area contributed by atoms with E-state index >= 15 is 0 Å². The third-order valence-electron chi connectivity index (χ3n) is 6.83. The minimum absolute atomic E-state index is 0.233. The zero-order chi connectivity index (χ0) is 24.1. The van der Waals surface area contributed by atoms with E-state index < -0.39 is 5.82 Å². The predicted molar refractivity (Wildman–Crippen MR) is 131 cm³/mol. The second kappa shape index (κ2) is 8.62. The third kappa shape index (κ3) is 4.12. The summed E-state index contributed by atoms with van der Waals surface area (Å²) in [6.45, 7) is 6.35. The van der Waals surface area contributed by atoms with Gasteiger partial charge in [0.15, 0.2) is 11.5 Å². The lowest BCUT2D eigenvalue weighted by molar-refractivity contribution is -0.0314. The quantitative estimate of drug-likeness (QED) is 0.444. The molecule has 9 nitrogen and oxygen atoms in total. The summed E-state index contributed by atoms with van der Waals surface area (Å²) < 4.78 is 23.1. The molecule has 10 heteroatoms. The minimum Gasteiger partial charge on any atom is -0.381 e. The van der Waals surface area contributed by atoms with Crippen molar-refractivity contribution in [2.75, 3.05) is 43.1 Å².